The van der Waals surface area contributed by atoms with Crippen LogP contribution in [0.15, 0.2) is 62.9 Å². The number of carbonyl (C=O) groups is 1. The lowest BCUT2D eigenvalue weighted by Gasteiger charge is -2.03. The molecule has 142 valence electrons. The largest absolute Gasteiger partial charge is 0.317 e. The maximum Gasteiger partial charge on any atom is 0.248 e. The van der Waals surface area contributed by atoms with Crippen molar-refractivity contribution >= 4 is 53.2 Å². The lowest BCUT2D eigenvalue weighted by Crippen LogP contribution is -2.16. The predicted octanol–water partition coefficient (Wildman–Crippen LogP) is 4.17. The lowest BCUT2D eigenvalue weighted by atomic mass is 10.3. The molecular weight excluding hydrogens is 448 g/mol. The van der Waals surface area contributed by atoms with Crippen molar-refractivity contribution in [3.05, 3.63) is 57.8 Å². The van der Waals surface area contributed by atoms with Crippen molar-refractivity contribution in [3.8, 4) is 0 Å². The number of aromatic nitrogens is 1. The van der Waals surface area contributed by atoms with Gasteiger partial charge in [-0.15, -0.1) is 0 Å². The maximum atomic E-state index is 12.3. The fraction of sp³-hybridized carbons (Fsp3) is 0.263. The molecule has 1 heterocycles. The van der Waals surface area contributed by atoms with Crippen LogP contribution in [0.5, 0.6) is 0 Å². The number of rotatable bonds is 6. The van der Waals surface area contributed by atoms with Crippen molar-refractivity contribution in [1.82, 2.24) is 4.57 Å². The van der Waals surface area contributed by atoms with E-state index in [1.807, 2.05) is 29.7 Å². The van der Waals surface area contributed by atoms with Gasteiger partial charge in [0.15, 0.2) is 14.6 Å². The molecule has 0 aliphatic heterocycles. The molecule has 0 saturated carbocycles. The number of nitrogens with zero attached hydrogens (tertiary/aromatic N) is 2. The first-order valence-corrected chi connectivity index (χ1v) is 11.8. The van der Waals surface area contributed by atoms with Gasteiger partial charge in [0.25, 0.3) is 0 Å². The van der Waals surface area contributed by atoms with Crippen LogP contribution in [-0.2, 0) is 21.2 Å². The predicted molar refractivity (Wildman–Crippen MR) is 111 cm³/mol. The molecule has 0 bridgehead atoms. The molecular formula is C19H19BrN2O3S2. The number of amides is 1. The standard InChI is InChI=1S/C19H19BrN2O3S2/c1-2-22-16-11-10-14(20)13-17(16)26-19(22)21-18(23)9-6-12-27(24,25)15-7-4-3-5-8-15/h3-5,7-8,10-11,13H,2,6,9,12H2,1H3. The molecule has 0 N–H and O–H groups in total. The molecule has 0 saturated heterocycles. The van der Waals surface area contributed by atoms with Crippen molar-refractivity contribution in [2.45, 2.75) is 31.2 Å². The first kappa shape index (κ1) is 20.0. The monoisotopic (exact) mass is 466 g/mol. The van der Waals surface area contributed by atoms with Crippen molar-refractivity contribution < 1.29 is 13.2 Å². The SMILES string of the molecule is CCn1c(=NC(=O)CCCS(=O)(=O)c2ccccc2)sc2cc(Br)ccc21. The van der Waals surface area contributed by atoms with Gasteiger partial charge in [-0.1, -0.05) is 45.5 Å². The van der Waals surface area contributed by atoms with Crippen LogP contribution in [0, 0.1) is 0 Å². The molecule has 8 heteroatoms. The van der Waals surface area contributed by atoms with Gasteiger partial charge in [-0.2, -0.15) is 4.99 Å². The third-order valence-corrected chi connectivity index (χ3v) is 7.44. The van der Waals surface area contributed by atoms with E-state index < -0.39 is 9.84 Å². The quantitative estimate of drug-likeness (QED) is 0.547. The minimum atomic E-state index is -3.37. The molecule has 0 unspecified atom stereocenters. The third kappa shape index (κ3) is 4.75. The molecule has 27 heavy (non-hydrogen) atoms. The summed E-state index contributed by atoms with van der Waals surface area (Å²) in [5.74, 6) is -0.364. The Morgan fingerprint density at radius 2 is 1.93 bits per heavy atom. The Bertz CT molecular complexity index is 1130. The second-order valence-corrected chi connectivity index (χ2v) is 10.0. The molecule has 0 radical (unpaired) electrons. The van der Waals surface area contributed by atoms with Gasteiger partial charge in [-0.05, 0) is 43.7 Å². The Hall–Kier alpha value is -1.77. The number of carbonyl (C=O) groups excluding carboxylic acids is 1. The summed E-state index contributed by atoms with van der Waals surface area (Å²) in [4.78, 5) is 17.4. The highest BCUT2D eigenvalue weighted by molar-refractivity contribution is 9.10. The van der Waals surface area contributed by atoms with Crippen molar-refractivity contribution in [2.75, 3.05) is 5.75 Å². The molecule has 1 amide bonds. The second-order valence-electron chi connectivity index (χ2n) is 5.98. The fourth-order valence-corrected chi connectivity index (χ4v) is 5.75. The molecule has 3 rings (SSSR count). The molecule has 3 aromatic rings. The fourth-order valence-electron chi connectivity index (χ4n) is 2.76. The van der Waals surface area contributed by atoms with E-state index in [-0.39, 0.29) is 29.4 Å². The first-order chi connectivity index (χ1) is 12.9. The van der Waals surface area contributed by atoms with E-state index in [2.05, 4.69) is 20.9 Å². The number of hydrogen-bond acceptors (Lipinski definition) is 4. The maximum absolute atomic E-state index is 12.3. The molecule has 0 fully saturated rings. The number of halogens is 1. The normalized spacial score (nSPS) is 12.6. The van der Waals surface area contributed by atoms with Crippen molar-refractivity contribution in [1.29, 1.82) is 0 Å². The van der Waals surface area contributed by atoms with Crippen LogP contribution in [0.3, 0.4) is 0 Å². The summed E-state index contributed by atoms with van der Waals surface area (Å²) in [6.45, 7) is 2.71. The van der Waals surface area contributed by atoms with Crippen LogP contribution >= 0.6 is 27.3 Å². The number of aryl methyl sites for hydroxylation is 1. The minimum Gasteiger partial charge on any atom is -0.317 e. The van der Waals surface area contributed by atoms with Crippen LogP contribution in [0.25, 0.3) is 10.2 Å². The summed E-state index contributed by atoms with van der Waals surface area (Å²) >= 11 is 4.91. The van der Waals surface area contributed by atoms with E-state index in [0.29, 0.717) is 11.3 Å². The van der Waals surface area contributed by atoms with Gasteiger partial charge >= 0.3 is 0 Å². The summed E-state index contributed by atoms with van der Waals surface area (Å²) in [5, 5.41) is 0. The van der Waals surface area contributed by atoms with Gasteiger partial charge in [-0.25, -0.2) is 8.42 Å². The first-order valence-electron chi connectivity index (χ1n) is 8.55. The minimum absolute atomic E-state index is 0.0641. The molecule has 2 aromatic carbocycles. The highest BCUT2D eigenvalue weighted by Gasteiger charge is 2.14. The van der Waals surface area contributed by atoms with E-state index in [1.165, 1.54) is 11.3 Å². The van der Waals surface area contributed by atoms with Crippen LogP contribution < -0.4 is 4.80 Å². The summed E-state index contributed by atoms with van der Waals surface area (Å²) in [7, 11) is -3.37. The van der Waals surface area contributed by atoms with Crippen LogP contribution in [0.4, 0.5) is 0 Å². The summed E-state index contributed by atoms with van der Waals surface area (Å²) in [5.41, 5.74) is 1.03. The zero-order valence-corrected chi connectivity index (χ0v) is 18.0. The Morgan fingerprint density at radius 1 is 1.19 bits per heavy atom. The van der Waals surface area contributed by atoms with Crippen LogP contribution in [0.1, 0.15) is 19.8 Å². The van der Waals surface area contributed by atoms with E-state index in [4.69, 9.17) is 0 Å². The van der Waals surface area contributed by atoms with Crippen LogP contribution in [0.2, 0.25) is 0 Å². The number of benzene rings is 2. The van der Waals surface area contributed by atoms with Crippen LogP contribution in [-0.4, -0.2) is 24.6 Å². The van der Waals surface area contributed by atoms with Crippen molar-refractivity contribution in [2.24, 2.45) is 4.99 Å². The van der Waals surface area contributed by atoms with Gasteiger partial charge in [0.05, 0.1) is 20.9 Å². The van der Waals surface area contributed by atoms with E-state index in [9.17, 15) is 13.2 Å². The summed E-state index contributed by atoms with van der Waals surface area (Å²) in [6, 6.07) is 14.3. The van der Waals surface area contributed by atoms with Gasteiger partial charge in [0.1, 0.15) is 0 Å². The van der Waals surface area contributed by atoms with Gasteiger partial charge in [-0.3, -0.25) is 4.79 Å². The molecule has 0 spiro atoms. The Labute approximate surface area is 170 Å². The Morgan fingerprint density at radius 3 is 2.63 bits per heavy atom. The number of sulfone groups is 1. The number of hydrogen-bond donors (Lipinski definition) is 0. The molecule has 0 atom stereocenters. The average Bonchev–Trinajstić information content (AvgIpc) is 2.98. The smallest absolute Gasteiger partial charge is 0.248 e. The zero-order chi connectivity index (χ0) is 19.4. The summed E-state index contributed by atoms with van der Waals surface area (Å²) < 4.78 is 28.6. The lowest BCUT2D eigenvalue weighted by molar-refractivity contribution is -0.118. The average molecular weight is 467 g/mol. The third-order valence-electron chi connectivity index (χ3n) is 4.09. The Kier molecular flexibility index (Phi) is 6.29. The molecule has 0 aliphatic rings. The number of thiazole rings is 1. The highest BCUT2D eigenvalue weighted by atomic mass is 79.9. The Balaban J connectivity index is 1.73. The number of fused-ring (bicyclic) bond motifs is 1. The summed E-state index contributed by atoms with van der Waals surface area (Å²) in [6.07, 6.45) is 0.357. The van der Waals surface area contributed by atoms with E-state index in [0.717, 1.165) is 14.7 Å². The molecule has 1 aromatic heterocycles. The van der Waals surface area contributed by atoms with E-state index >= 15 is 0 Å². The van der Waals surface area contributed by atoms with Crippen molar-refractivity contribution in [3.63, 3.8) is 0 Å². The second kappa shape index (κ2) is 8.50. The zero-order valence-electron chi connectivity index (χ0n) is 14.8. The van der Waals surface area contributed by atoms with Gasteiger partial charge < -0.3 is 4.57 Å². The molecule has 0 aliphatic carbocycles. The molecule has 5 nitrogen and oxygen atoms in total. The topological polar surface area (TPSA) is 68.5 Å². The van der Waals surface area contributed by atoms with Gasteiger partial charge in [0, 0.05) is 17.4 Å². The van der Waals surface area contributed by atoms with E-state index in [1.54, 1.807) is 30.3 Å². The highest BCUT2D eigenvalue weighted by Crippen LogP contribution is 2.22. The van der Waals surface area contributed by atoms with Gasteiger partial charge in [0.2, 0.25) is 5.91 Å².